The predicted molar refractivity (Wildman–Crippen MR) is 55.8 cm³/mol. The zero-order valence-electron chi connectivity index (χ0n) is 9.21. The quantitative estimate of drug-likeness (QED) is 0.707. The van der Waals surface area contributed by atoms with Crippen molar-refractivity contribution in [2.75, 3.05) is 20.1 Å². The molecule has 0 bridgehead atoms. The second kappa shape index (κ2) is 4.43. The topological polar surface area (TPSA) is 23.5 Å². The van der Waals surface area contributed by atoms with E-state index in [0.717, 1.165) is 19.0 Å². The van der Waals surface area contributed by atoms with Crippen molar-refractivity contribution in [1.82, 2.24) is 4.90 Å². The fourth-order valence-electron chi connectivity index (χ4n) is 1.92. The number of likely N-dealkylation sites (N-methyl/N-ethyl adjacent to an activating group) is 1. The minimum Gasteiger partial charge on any atom is -0.389 e. The van der Waals surface area contributed by atoms with Crippen molar-refractivity contribution >= 4 is 0 Å². The standard InChI is InChI=1S/C11H23NO/c1-11(2,13)9-12(3)8-7-10-5-4-6-10/h10,13H,4-9H2,1-3H3. The van der Waals surface area contributed by atoms with E-state index in [2.05, 4.69) is 11.9 Å². The first-order chi connectivity index (χ1) is 5.97. The summed E-state index contributed by atoms with van der Waals surface area (Å²) >= 11 is 0. The van der Waals surface area contributed by atoms with E-state index in [1.165, 1.54) is 25.7 Å². The van der Waals surface area contributed by atoms with Crippen LogP contribution in [0.2, 0.25) is 0 Å². The van der Waals surface area contributed by atoms with Crippen LogP contribution in [0.5, 0.6) is 0 Å². The van der Waals surface area contributed by atoms with Crippen molar-refractivity contribution in [3.8, 4) is 0 Å². The van der Waals surface area contributed by atoms with Crippen molar-refractivity contribution in [1.29, 1.82) is 0 Å². The van der Waals surface area contributed by atoms with E-state index in [4.69, 9.17) is 0 Å². The van der Waals surface area contributed by atoms with Gasteiger partial charge in [0.25, 0.3) is 0 Å². The molecule has 2 heteroatoms. The molecule has 2 nitrogen and oxygen atoms in total. The summed E-state index contributed by atoms with van der Waals surface area (Å²) in [4.78, 5) is 2.23. The van der Waals surface area contributed by atoms with Crippen LogP contribution < -0.4 is 0 Å². The molecule has 0 aromatic carbocycles. The summed E-state index contributed by atoms with van der Waals surface area (Å²) in [5.74, 6) is 0.976. The smallest absolute Gasteiger partial charge is 0.0718 e. The molecule has 1 rings (SSSR count). The highest BCUT2D eigenvalue weighted by Gasteiger charge is 2.19. The van der Waals surface area contributed by atoms with E-state index in [1.807, 2.05) is 13.8 Å². The largest absolute Gasteiger partial charge is 0.389 e. The van der Waals surface area contributed by atoms with Gasteiger partial charge in [-0.25, -0.2) is 0 Å². The van der Waals surface area contributed by atoms with Gasteiger partial charge in [-0.15, -0.1) is 0 Å². The molecule has 78 valence electrons. The van der Waals surface area contributed by atoms with Gasteiger partial charge in [0.2, 0.25) is 0 Å². The molecule has 0 aromatic rings. The maximum Gasteiger partial charge on any atom is 0.0718 e. The van der Waals surface area contributed by atoms with Gasteiger partial charge in [0, 0.05) is 6.54 Å². The van der Waals surface area contributed by atoms with Crippen LogP contribution in [0.3, 0.4) is 0 Å². The molecule has 1 fully saturated rings. The Kier molecular flexibility index (Phi) is 3.74. The first-order valence-electron chi connectivity index (χ1n) is 5.38. The summed E-state index contributed by atoms with van der Waals surface area (Å²) in [6, 6.07) is 0. The van der Waals surface area contributed by atoms with Crippen LogP contribution in [0.1, 0.15) is 39.5 Å². The van der Waals surface area contributed by atoms with Gasteiger partial charge in [0.05, 0.1) is 5.60 Å². The van der Waals surface area contributed by atoms with Crippen LogP contribution in [0.15, 0.2) is 0 Å². The van der Waals surface area contributed by atoms with E-state index in [-0.39, 0.29) is 0 Å². The van der Waals surface area contributed by atoms with E-state index < -0.39 is 5.60 Å². The molecule has 0 amide bonds. The molecular formula is C11H23NO. The summed E-state index contributed by atoms with van der Waals surface area (Å²) in [7, 11) is 2.09. The molecular weight excluding hydrogens is 162 g/mol. The molecule has 1 saturated carbocycles. The van der Waals surface area contributed by atoms with Gasteiger partial charge in [-0.1, -0.05) is 19.3 Å². The summed E-state index contributed by atoms with van der Waals surface area (Å²) in [5.41, 5.74) is -0.547. The summed E-state index contributed by atoms with van der Waals surface area (Å²) < 4.78 is 0. The van der Waals surface area contributed by atoms with Gasteiger partial charge in [0.1, 0.15) is 0 Å². The fraction of sp³-hybridized carbons (Fsp3) is 1.00. The third-order valence-electron chi connectivity index (χ3n) is 2.80. The SMILES string of the molecule is CN(CCC1CCC1)CC(C)(C)O. The van der Waals surface area contributed by atoms with Gasteiger partial charge in [-0.3, -0.25) is 0 Å². The molecule has 0 radical (unpaired) electrons. The zero-order chi connectivity index (χ0) is 9.90. The summed E-state index contributed by atoms with van der Waals surface area (Å²) in [5, 5.41) is 9.58. The Morgan fingerprint density at radius 3 is 2.38 bits per heavy atom. The third-order valence-corrected chi connectivity index (χ3v) is 2.80. The first kappa shape index (κ1) is 11.0. The molecule has 1 N–H and O–H groups in total. The van der Waals surface area contributed by atoms with Crippen LogP contribution in [0.4, 0.5) is 0 Å². The van der Waals surface area contributed by atoms with Crippen molar-refractivity contribution in [2.45, 2.75) is 45.1 Å². The minimum absolute atomic E-state index is 0.547. The highest BCUT2D eigenvalue weighted by Crippen LogP contribution is 2.29. The molecule has 0 saturated heterocycles. The normalized spacial score (nSPS) is 19.2. The van der Waals surface area contributed by atoms with Gasteiger partial charge in [0.15, 0.2) is 0 Å². The molecule has 0 spiro atoms. The molecule has 0 aliphatic heterocycles. The van der Waals surface area contributed by atoms with Crippen molar-refractivity contribution in [2.24, 2.45) is 5.92 Å². The number of hydrogen-bond acceptors (Lipinski definition) is 2. The molecule has 0 unspecified atom stereocenters. The lowest BCUT2D eigenvalue weighted by Crippen LogP contribution is -2.37. The monoisotopic (exact) mass is 185 g/mol. The van der Waals surface area contributed by atoms with Gasteiger partial charge >= 0.3 is 0 Å². The molecule has 0 heterocycles. The highest BCUT2D eigenvalue weighted by molar-refractivity contribution is 4.73. The Bertz CT molecular complexity index is 147. The Morgan fingerprint density at radius 2 is 2.00 bits per heavy atom. The first-order valence-corrected chi connectivity index (χ1v) is 5.38. The molecule has 1 aliphatic carbocycles. The zero-order valence-corrected chi connectivity index (χ0v) is 9.21. The second-order valence-electron chi connectivity index (χ2n) is 5.14. The van der Waals surface area contributed by atoms with E-state index in [9.17, 15) is 5.11 Å². The van der Waals surface area contributed by atoms with Gasteiger partial charge in [-0.2, -0.15) is 0 Å². The molecule has 0 atom stereocenters. The Labute approximate surface area is 81.9 Å². The van der Waals surface area contributed by atoms with Crippen molar-refractivity contribution < 1.29 is 5.11 Å². The van der Waals surface area contributed by atoms with Crippen LogP contribution >= 0.6 is 0 Å². The Hall–Kier alpha value is -0.0800. The summed E-state index contributed by atoms with van der Waals surface area (Å²) in [6.45, 7) is 5.65. The molecule has 1 aliphatic rings. The number of nitrogens with zero attached hydrogens (tertiary/aromatic N) is 1. The number of aliphatic hydroxyl groups is 1. The number of hydrogen-bond donors (Lipinski definition) is 1. The Balaban J connectivity index is 2.06. The van der Waals surface area contributed by atoms with E-state index >= 15 is 0 Å². The van der Waals surface area contributed by atoms with Crippen molar-refractivity contribution in [3.63, 3.8) is 0 Å². The Morgan fingerprint density at radius 1 is 1.38 bits per heavy atom. The maximum atomic E-state index is 9.58. The van der Waals surface area contributed by atoms with Gasteiger partial charge < -0.3 is 10.0 Å². The minimum atomic E-state index is -0.547. The van der Waals surface area contributed by atoms with Gasteiger partial charge in [-0.05, 0) is 39.8 Å². The highest BCUT2D eigenvalue weighted by atomic mass is 16.3. The molecule has 13 heavy (non-hydrogen) atoms. The van der Waals surface area contributed by atoms with Crippen LogP contribution in [0, 0.1) is 5.92 Å². The maximum absolute atomic E-state index is 9.58. The fourth-order valence-corrected chi connectivity index (χ4v) is 1.92. The van der Waals surface area contributed by atoms with Crippen molar-refractivity contribution in [3.05, 3.63) is 0 Å². The summed E-state index contributed by atoms with van der Waals surface area (Å²) in [6.07, 6.45) is 5.60. The van der Waals surface area contributed by atoms with Crippen LogP contribution in [-0.2, 0) is 0 Å². The lowest BCUT2D eigenvalue weighted by molar-refractivity contribution is 0.0418. The van der Waals surface area contributed by atoms with E-state index in [0.29, 0.717) is 0 Å². The second-order valence-corrected chi connectivity index (χ2v) is 5.14. The lowest BCUT2D eigenvalue weighted by Gasteiger charge is -2.30. The average Bonchev–Trinajstić information content (AvgIpc) is 1.78. The predicted octanol–water partition coefficient (Wildman–Crippen LogP) is 1.88. The van der Waals surface area contributed by atoms with E-state index in [1.54, 1.807) is 0 Å². The third kappa shape index (κ3) is 4.63. The average molecular weight is 185 g/mol. The number of rotatable bonds is 5. The molecule has 0 aromatic heterocycles. The van der Waals surface area contributed by atoms with Crippen LogP contribution in [-0.4, -0.2) is 35.7 Å². The van der Waals surface area contributed by atoms with Crippen LogP contribution in [0.25, 0.3) is 0 Å². The lowest BCUT2D eigenvalue weighted by atomic mass is 9.83.